The van der Waals surface area contributed by atoms with Crippen molar-refractivity contribution in [1.82, 2.24) is 14.2 Å². The maximum absolute atomic E-state index is 13.2. The first-order valence-electron chi connectivity index (χ1n) is 9.86. The van der Waals surface area contributed by atoms with Crippen LogP contribution < -0.4 is 15.6 Å². The minimum absolute atomic E-state index is 0.158. The van der Waals surface area contributed by atoms with Gasteiger partial charge in [0.2, 0.25) is 0 Å². The summed E-state index contributed by atoms with van der Waals surface area (Å²) in [4.78, 5) is 26.0. The lowest BCUT2D eigenvalue weighted by Crippen LogP contribution is -2.25. The van der Waals surface area contributed by atoms with Gasteiger partial charge in [0.05, 0.1) is 18.1 Å². The molecule has 2 aromatic heterocycles. The van der Waals surface area contributed by atoms with Crippen LogP contribution in [0.5, 0.6) is 5.75 Å². The summed E-state index contributed by atoms with van der Waals surface area (Å²) in [5.74, 6) is 0.651. The molecule has 0 bridgehead atoms. The molecule has 2 heterocycles. The molecule has 2 aromatic carbocycles. The van der Waals surface area contributed by atoms with Crippen molar-refractivity contribution in [3.8, 4) is 5.75 Å². The minimum atomic E-state index is -0.370. The third-order valence-electron chi connectivity index (χ3n) is 5.04. The Hall–Kier alpha value is -3.61. The lowest BCUT2D eigenvalue weighted by atomic mass is 10.2. The second-order valence-corrected chi connectivity index (χ2v) is 7.76. The van der Waals surface area contributed by atoms with Crippen molar-refractivity contribution in [3.63, 3.8) is 0 Å². The average Bonchev–Trinajstić information content (AvgIpc) is 3.18. The maximum atomic E-state index is 13.2. The Labute approximate surface area is 173 Å². The van der Waals surface area contributed by atoms with E-state index in [4.69, 9.17) is 4.74 Å². The van der Waals surface area contributed by atoms with Gasteiger partial charge in [-0.1, -0.05) is 26.0 Å². The van der Waals surface area contributed by atoms with Crippen LogP contribution in [-0.4, -0.2) is 27.2 Å². The number of carbonyl (C=O) groups is 1. The third kappa shape index (κ3) is 3.43. The van der Waals surface area contributed by atoms with Crippen LogP contribution >= 0.6 is 0 Å². The molecule has 154 valence electrons. The first-order valence-corrected chi connectivity index (χ1v) is 9.86. The molecule has 0 spiro atoms. The zero-order valence-corrected chi connectivity index (χ0v) is 17.5. The summed E-state index contributed by atoms with van der Waals surface area (Å²) < 4.78 is 8.52. The number of hydrogen-bond acceptors (Lipinski definition) is 4. The number of amides is 1. The summed E-state index contributed by atoms with van der Waals surface area (Å²) in [6.45, 7) is 6.61. The van der Waals surface area contributed by atoms with Gasteiger partial charge in [-0.05, 0) is 48.7 Å². The Morgan fingerprint density at radius 2 is 1.83 bits per heavy atom. The van der Waals surface area contributed by atoms with Crippen LogP contribution in [0.25, 0.3) is 16.6 Å². The van der Waals surface area contributed by atoms with E-state index in [1.807, 2.05) is 37.3 Å². The highest BCUT2D eigenvalue weighted by Gasteiger charge is 2.18. The predicted molar refractivity (Wildman–Crippen MR) is 117 cm³/mol. The highest BCUT2D eigenvalue weighted by molar-refractivity contribution is 6.04. The summed E-state index contributed by atoms with van der Waals surface area (Å²) in [5, 5.41) is 7.32. The quantitative estimate of drug-likeness (QED) is 0.548. The van der Waals surface area contributed by atoms with Crippen LogP contribution in [0.2, 0.25) is 0 Å². The fraction of sp³-hybridized carbons (Fsp3) is 0.261. The number of carbonyl (C=O) groups excluding carboxylic acids is 1. The Morgan fingerprint density at radius 3 is 2.50 bits per heavy atom. The molecule has 1 amide bonds. The number of aromatic nitrogens is 3. The highest BCUT2D eigenvalue weighted by Crippen LogP contribution is 2.22. The molecule has 1 N–H and O–H groups in total. The fourth-order valence-corrected chi connectivity index (χ4v) is 3.58. The molecule has 0 saturated carbocycles. The van der Waals surface area contributed by atoms with Gasteiger partial charge in [-0.2, -0.15) is 5.10 Å². The van der Waals surface area contributed by atoms with E-state index in [1.165, 1.54) is 0 Å². The van der Waals surface area contributed by atoms with Crippen LogP contribution in [-0.2, 0) is 6.54 Å². The zero-order chi connectivity index (χ0) is 21.4. The third-order valence-corrected chi connectivity index (χ3v) is 5.04. The van der Waals surface area contributed by atoms with Crippen molar-refractivity contribution < 1.29 is 9.53 Å². The van der Waals surface area contributed by atoms with Gasteiger partial charge >= 0.3 is 0 Å². The molecule has 0 atom stereocenters. The number of hydrogen-bond donors (Lipinski definition) is 1. The van der Waals surface area contributed by atoms with E-state index in [1.54, 1.807) is 34.4 Å². The molecule has 0 aliphatic rings. The number of benzene rings is 2. The van der Waals surface area contributed by atoms with E-state index in [-0.39, 0.29) is 17.2 Å². The van der Waals surface area contributed by atoms with E-state index in [2.05, 4.69) is 24.3 Å². The maximum Gasteiger partial charge on any atom is 0.277 e. The van der Waals surface area contributed by atoms with Gasteiger partial charge in [-0.15, -0.1) is 0 Å². The van der Waals surface area contributed by atoms with Gasteiger partial charge in [0.1, 0.15) is 11.3 Å². The molecule has 0 aliphatic heterocycles. The number of ether oxygens (including phenoxy) is 1. The first kappa shape index (κ1) is 19.7. The molecule has 0 unspecified atom stereocenters. The van der Waals surface area contributed by atoms with Crippen LogP contribution in [0.1, 0.15) is 29.9 Å². The first-order chi connectivity index (χ1) is 14.4. The number of aryl methyl sites for hydroxylation is 1. The molecule has 0 fully saturated rings. The normalized spacial score (nSPS) is 11.4. The smallest absolute Gasteiger partial charge is 0.277 e. The number of nitrogens with one attached hydrogen (secondary N) is 1. The van der Waals surface area contributed by atoms with Gasteiger partial charge in [-0.3, -0.25) is 9.59 Å². The van der Waals surface area contributed by atoms with Crippen LogP contribution in [0.15, 0.2) is 53.3 Å². The molecule has 4 rings (SSSR count). The summed E-state index contributed by atoms with van der Waals surface area (Å²) in [7, 11) is 1.60. The minimum Gasteiger partial charge on any atom is -0.497 e. The van der Waals surface area contributed by atoms with E-state index < -0.39 is 0 Å². The second-order valence-electron chi connectivity index (χ2n) is 7.76. The van der Waals surface area contributed by atoms with Crippen molar-refractivity contribution in [2.24, 2.45) is 5.92 Å². The molecule has 4 aromatic rings. The van der Waals surface area contributed by atoms with E-state index in [9.17, 15) is 9.59 Å². The van der Waals surface area contributed by atoms with Crippen LogP contribution in [0.4, 0.5) is 5.69 Å². The van der Waals surface area contributed by atoms with Crippen LogP contribution in [0.3, 0.4) is 0 Å². The fourth-order valence-electron chi connectivity index (χ4n) is 3.58. The Morgan fingerprint density at radius 1 is 1.10 bits per heavy atom. The number of fused-ring (bicyclic) bond motifs is 3. The number of methoxy groups -OCH3 is 1. The van der Waals surface area contributed by atoms with E-state index >= 15 is 0 Å². The standard InChI is InChI=1S/C23H24N4O3/c1-14(2)13-26-19-7-5-6-8-20(19)27-21(23(26)29)12-18(25-27)22(28)24-17-10-9-16(30-4)11-15(17)3/h5-12,14H,13H2,1-4H3,(H,24,28). The highest BCUT2D eigenvalue weighted by atomic mass is 16.5. The van der Waals surface area contributed by atoms with Gasteiger partial charge in [-0.25, -0.2) is 4.52 Å². The van der Waals surface area contributed by atoms with E-state index in [0.29, 0.717) is 23.7 Å². The molecule has 7 nitrogen and oxygen atoms in total. The summed E-state index contributed by atoms with van der Waals surface area (Å²) in [6, 6.07) is 14.6. The lowest BCUT2D eigenvalue weighted by Gasteiger charge is -2.13. The zero-order valence-electron chi connectivity index (χ0n) is 17.5. The summed E-state index contributed by atoms with van der Waals surface area (Å²) in [5.41, 5.74) is 3.53. The molecule has 0 saturated heterocycles. The lowest BCUT2D eigenvalue weighted by molar-refractivity contribution is 0.102. The van der Waals surface area contributed by atoms with Crippen molar-refractivity contribution in [2.45, 2.75) is 27.3 Å². The van der Waals surface area contributed by atoms with Gasteiger partial charge in [0.15, 0.2) is 5.69 Å². The number of rotatable bonds is 5. The monoisotopic (exact) mass is 404 g/mol. The second kappa shape index (κ2) is 7.67. The Balaban J connectivity index is 1.80. The van der Waals surface area contributed by atoms with Crippen molar-refractivity contribution in [1.29, 1.82) is 0 Å². The van der Waals surface area contributed by atoms with E-state index in [0.717, 1.165) is 22.3 Å². The van der Waals surface area contributed by atoms with Crippen molar-refractivity contribution >= 4 is 28.1 Å². The molecule has 0 radical (unpaired) electrons. The predicted octanol–water partition coefficient (Wildman–Crippen LogP) is 3.87. The Bertz CT molecular complexity index is 1320. The van der Waals surface area contributed by atoms with Crippen molar-refractivity contribution in [3.05, 3.63) is 70.1 Å². The Kier molecular flexibility index (Phi) is 5.03. The van der Waals surface area contributed by atoms with Gasteiger partial charge in [0, 0.05) is 18.3 Å². The molecule has 7 heteroatoms. The van der Waals surface area contributed by atoms with Gasteiger partial charge in [0.25, 0.3) is 11.5 Å². The number of anilines is 1. The summed E-state index contributed by atoms with van der Waals surface area (Å²) in [6.07, 6.45) is 0. The van der Waals surface area contributed by atoms with Crippen molar-refractivity contribution in [2.75, 3.05) is 12.4 Å². The van der Waals surface area contributed by atoms with Gasteiger partial charge < -0.3 is 14.6 Å². The number of para-hydroxylation sites is 2. The average molecular weight is 404 g/mol. The molecule has 30 heavy (non-hydrogen) atoms. The molecule has 0 aliphatic carbocycles. The molecular formula is C23H24N4O3. The number of nitrogens with zero attached hydrogens (tertiary/aromatic N) is 3. The topological polar surface area (TPSA) is 77.6 Å². The molecular weight excluding hydrogens is 380 g/mol. The summed E-state index contributed by atoms with van der Waals surface area (Å²) >= 11 is 0. The van der Waals surface area contributed by atoms with Crippen LogP contribution in [0, 0.1) is 12.8 Å². The largest absolute Gasteiger partial charge is 0.497 e. The SMILES string of the molecule is COc1ccc(NC(=O)c2cc3c(=O)n(CC(C)C)c4ccccc4n3n2)c(C)c1.